The van der Waals surface area contributed by atoms with E-state index in [2.05, 4.69) is 5.32 Å². The van der Waals surface area contributed by atoms with Crippen LogP contribution >= 0.6 is 11.8 Å². The molecule has 4 heteroatoms. The van der Waals surface area contributed by atoms with Crippen LogP contribution in [0.15, 0.2) is 83.8 Å². The third-order valence-electron chi connectivity index (χ3n) is 3.79. The number of phenols is 1. The van der Waals surface area contributed by atoms with Gasteiger partial charge in [0.2, 0.25) is 5.91 Å². The van der Waals surface area contributed by atoms with Crippen LogP contribution < -0.4 is 5.32 Å². The topological polar surface area (TPSA) is 49.3 Å². The van der Waals surface area contributed by atoms with Gasteiger partial charge in [-0.05, 0) is 42.8 Å². The summed E-state index contributed by atoms with van der Waals surface area (Å²) in [6.07, 6.45) is 0. The highest BCUT2D eigenvalue weighted by Crippen LogP contribution is 2.30. The van der Waals surface area contributed by atoms with Crippen LogP contribution in [-0.2, 0) is 4.79 Å². The van der Waals surface area contributed by atoms with Gasteiger partial charge in [0.15, 0.2) is 0 Å². The predicted molar refractivity (Wildman–Crippen MR) is 104 cm³/mol. The lowest BCUT2D eigenvalue weighted by molar-refractivity contribution is -0.115. The number of hydrogen-bond donors (Lipinski definition) is 2. The van der Waals surface area contributed by atoms with E-state index in [9.17, 15) is 9.90 Å². The monoisotopic (exact) mass is 349 g/mol. The van der Waals surface area contributed by atoms with E-state index >= 15 is 0 Å². The van der Waals surface area contributed by atoms with Gasteiger partial charge in [0.05, 0.1) is 5.25 Å². The second-order valence-electron chi connectivity index (χ2n) is 5.65. The van der Waals surface area contributed by atoms with E-state index in [1.54, 1.807) is 12.1 Å². The molecule has 0 aliphatic heterocycles. The normalized spacial score (nSPS) is 11.7. The highest BCUT2D eigenvalue weighted by molar-refractivity contribution is 8.00. The van der Waals surface area contributed by atoms with Crippen LogP contribution in [0.25, 0.3) is 11.1 Å². The molecular weight excluding hydrogens is 330 g/mol. The van der Waals surface area contributed by atoms with Crippen LogP contribution in [0.1, 0.15) is 6.92 Å². The Morgan fingerprint density at radius 3 is 2.28 bits per heavy atom. The number of hydrogen-bond acceptors (Lipinski definition) is 3. The summed E-state index contributed by atoms with van der Waals surface area (Å²) < 4.78 is 0. The van der Waals surface area contributed by atoms with Crippen LogP contribution in [0.3, 0.4) is 0 Å². The minimum Gasteiger partial charge on any atom is -0.508 e. The maximum absolute atomic E-state index is 12.6. The lowest BCUT2D eigenvalue weighted by Gasteiger charge is -2.15. The number of carbonyl (C=O) groups is 1. The zero-order valence-corrected chi connectivity index (χ0v) is 14.7. The molecule has 0 heterocycles. The average molecular weight is 349 g/mol. The van der Waals surface area contributed by atoms with Gasteiger partial charge in [-0.1, -0.05) is 48.5 Å². The van der Waals surface area contributed by atoms with E-state index in [1.165, 1.54) is 11.8 Å². The minimum absolute atomic E-state index is 0.0542. The molecule has 1 unspecified atom stereocenters. The van der Waals surface area contributed by atoms with Gasteiger partial charge in [-0.15, -0.1) is 11.8 Å². The van der Waals surface area contributed by atoms with Gasteiger partial charge in [-0.3, -0.25) is 4.79 Å². The van der Waals surface area contributed by atoms with Crippen molar-refractivity contribution >= 4 is 23.4 Å². The molecule has 0 aliphatic carbocycles. The minimum atomic E-state index is -0.256. The zero-order valence-electron chi connectivity index (χ0n) is 13.8. The Balaban J connectivity index is 1.74. The maximum Gasteiger partial charge on any atom is 0.237 e. The van der Waals surface area contributed by atoms with Crippen molar-refractivity contribution < 1.29 is 9.90 Å². The molecular formula is C21H19NO2S. The van der Waals surface area contributed by atoms with E-state index in [0.717, 1.165) is 21.7 Å². The predicted octanol–water partition coefficient (Wildman–Crippen LogP) is 5.18. The molecule has 2 N–H and O–H groups in total. The van der Waals surface area contributed by atoms with Gasteiger partial charge >= 0.3 is 0 Å². The summed E-state index contributed by atoms with van der Waals surface area (Å²) >= 11 is 1.46. The Kier molecular flexibility index (Phi) is 5.41. The SMILES string of the molecule is CC(Sc1ccc(O)cc1)C(=O)Nc1ccccc1-c1ccccc1. The third kappa shape index (κ3) is 4.43. The first-order valence-electron chi connectivity index (χ1n) is 8.04. The summed E-state index contributed by atoms with van der Waals surface area (Å²) in [4.78, 5) is 13.5. The Morgan fingerprint density at radius 1 is 0.920 bits per heavy atom. The molecule has 0 aliphatic rings. The van der Waals surface area contributed by atoms with Crippen LogP contribution in [0, 0.1) is 0 Å². The number of amides is 1. The first kappa shape index (κ1) is 17.1. The van der Waals surface area contributed by atoms with E-state index < -0.39 is 0 Å². The lowest BCUT2D eigenvalue weighted by atomic mass is 10.0. The van der Waals surface area contributed by atoms with Crippen molar-refractivity contribution in [2.75, 3.05) is 5.32 Å². The van der Waals surface area contributed by atoms with E-state index in [1.807, 2.05) is 73.7 Å². The summed E-state index contributed by atoms with van der Waals surface area (Å²) in [6.45, 7) is 1.87. The molecule has 0 aromatic heterocycles. The number of phenolic OH excluding ortho intramolecular Hbond substituents is 1. The fourth-order valence-electron chi connectivity index (χ4n) is 2.48. The highest BCUT2D eigenvalue weighted by Gasteiger charge is 2.16. The first-order valence-corrected chi connectivity index (χ1v) is 8.92. The molecule has 1 atom stereocenters. The Hall–Kier alpha value is -2.72. The number of benzene rings is 3. The molecule has 126 valence electrons. The van der Waals surface area contributed by atoms with Crippen LogP contribution in [0.2, 0.25) is 0 Å². The van der Waals surface area contributed by atoms with Gasteiger partial charge in [0, 0.05) is 16.1 Å². The summed E-state index contributed by atoms with van der Waals surface area (Å²) in [5.74, 6) is 0.166. The second-order valence-corrected chi connectivity index (χ2v) is 7.07. The second kappa shape index (κ2) is 7.90. The Morgan fingerprint density at radius 2 is 1.56 bits per heavy atom. The summed E-state index contributed by atoms with van der Waals surface area (Å²) in [6, 6.07) is 24.7. The van der Waals surface area contributed by atoms with E-state index in [0.29, 0.717) is 0 Å². The summed E-state index contributed by atoms with van der Waals surface area (Å²) in [5, 5.41) is 12.1. The van der Waals surface area contributed by atoms with Crippen molar-refractivity contribution in [3.05, 3.63) is 78.9 Å². The fraction of sp³-hybridized carbons (Fsp3) is 0.0952. The Labute approximate surface area is 151 Å². The van der Waals surface area contributed by atoms with Crippen molar-refractivity contribution in [2.45, 2.75) is 17.1 Å². The van der Waals surface area contributed by atoms with Gasteiger partial charge in [0.1, 0.15) is 5.75 Å². The van der Waals surface area contributed by atoms with Crippen molar-refractivity contribution in [3.8, 4) is 16.9 Å². The number of thioether (sulfide) groups is 1. The summed E-state index contributed by atoms with van der Waals surface area (Å²) in [5.41, 5.74) is 2.87. The Bertz CT molecular complexity index is 847. The van der Waals surface area contributed by atoms with Crippen molar-refractivity contribution in [1.29, 1.82) is 0 Å². The molecule has 3 aromatic carbocycles. The molecule has 0 bridgehead atoms. The highest BCUT2D eigenvalue weighted by atomic mass is 32.2. The first-order chi connectivity index (χ1) is 12.1. The standard InChI is InChI=1S/C21H19NO2S/c1-15(25-18-13-11-17(23)12-14-18)21(24)22-20-10-6-5-9-19(20)16-7-3-2-4-8-16/h2-15,23H,1H3,(H,22,24). The molecule has 3 aromatic rings. The largest absolute Gasteiger partial charge is 0.508 e. The van der Waals surface area contributed by atoms with Gasteiger partial charge in [0.25, 0.3) is 0 Å². The van der Waals surface area contributed by atoms with Crippen LogP contribution in [0.4, 0.5) is 5.69 Å². The summed E-state index contributed by atoms with van der Waals surface area (Å²) in [7, 11) is 0. The molecule has 0 fully saturated rings. The molecule has 3 nitrogen and oxygen atoms in total. The van der Waals surface area contributed by atoms with Crippen molar-refractivity contribution in [1.82, 2.24) is 0 Å². The molecule has 1 amide bonds. The molecule has 25 heavy (non-hydrogen) atoms. The number of carbonyl (C=O) groups excluding carboxylic acids is 1. The quantitative estimate of drug-likeness (QED) is 0.624. The maximum atomic E-state index is 12.6. The van der Waals surface area contributed by atoms with Gasteiger partial charge in [-0.25, -0.2) is 0 Å². The molecule has 0 radical (unpaired) electrons. The lowest BCUT2D eigenvalue weighted by Crippen LogP contribution is -2.22. The third-order valence-corrected chi connectivity index (χ3v) is 4.90. The van der Waals surface area contributed by atoms with Crippen LogP contribution in [0.5, 0.6) is 5.75 Å². The number of para-hydroxylation sites is 1. The fourth-order valence-corrected chi connectivity index (χ4v) is 3.35. The number of anilines is 1. The molecule has 0 saturated carbocycles. The molecule has 3 rings (SSSR count). The van der Waals surface area contributed by atoms with E-state index in [4.69, 9.17) is 0 Å². The number of rotatable bonds is 5. The van der Waals surface area contributed by atoms with E-state index in [-0.39, 0.29) is 16.9 Å². The zero-order chi connectivity index (χ0) is 17.6. The van der Waals surface area contributed by atoms with Crippen molar-refractivity contribution in [2.24, 2.45) is 0 Å². The smallest absolute Gasteiger partial charge is 0.237 e. The number of aromatic hydroxyl groups is 1. The van der Waals surface area contributed by atoms with Crippen molar-refractivity contribution in [3.63, 3.8) is 0 Å². The van der Waals surface area contributed by atoms with Gasteiger partial charge in [-0.2, -0.15) is 0 Å². The molecule has 0 spiro atoms. The molecule has 0 saturated heterocycles. The van der Waals surface area contributed by atoms with Gasteiger partial charge < -0.3 is 10.4 Å². The average Bonchev–Trinajstić information content (AvgIpc) is 2.64. The number of nitrogens with one attached hydrogen (secondary N) is 1. The van der Waals surface area contributed by atoms with Crippen LogP contribution in [-0.4, -0.2) is 16.3 Å².